The highest BCUT2D eigenvalue weighted by atomic mass is 79.9. The molecule has 5 nitrogen and oxygen atoms in total. The summed E-state index contributed by atoms with van der Waals surface area (Å²) in [7, 11) is 4.00. The average Bonchev–Trinajstić information content (AvgIpc) is 2.27. The molecule has 0 aliphatic rings. The number of carbonyl (C=O) groups is 1. The molecule has 0 aliphatic heterocycles. The maximum Gasteiger partial charge on any atom is 0.255 e. The maximum atomic E-state index is 11.8. The second-order valence-electron chi connectivity index (χ2n) is 4.00. The third-order valence-corrected chi connectivity index (χ3v) is 2.63. The molecule has 0 atom stereocenters. The van der Waals surface area contributed by atoms with E-state index in [1.807, 2.05) is 14.1 Å². The number of carbonyl (C=O) groups excluding carboxylic acids is 1. The van der Waals surface area contributed by atoms with Gasteiger partial charge in [-0.2, -0.15) is 0 Å². The van der Waals surface area contributed by atoms with E-state index in [2.05, 4.69) is 31.1 Å². The summed E-state index contributed by atoms with van der Waals surface area (Å²) in [6.07, 6.45) is 2.47. The molecule has 0 aliphatic carbocycles. The molecular weight excluding hydrogens is 284 g/mol. The molecule has 0 spiro atoms. The summed E-state index contributed by atoms with van der Waals surface area (Å²) in [5.74, 6) is 0.0633. The maximum absolute atomic E-state index is 11.8. The number of nitrogens with zero attached hydrogens (tertiary/aromatic N) is 2. The number of pyridine rings is 1. The molecule has 3 N–H and O–H groups in total. The molecule has 1 aromatic rings. The van der Waals surface area contributed by atoms with Crippen molar-refractivity contribution >= 4 is 27.7 Å². The van der Waals surface area contributed by atoms with Gasteiger partial charge in [0.25, 0.3) is 5.91 Å². The van der Waals surface area contributed by atoms with Gasteiger partial charge in [-0.3, -0.25) is 4.79 Å². The van der Waals surface area contributed by atoms with E-state index in [1.54, 1.807) is 12.3 Å². The third-order valence-electron chi connectivity index (χ3n) is 2.20. The van der Waals surface area contributed by atoms with Gasteiger partial charge >= 0.3 is 0 Å². The number of nitrogens with two attached hydrogens (primary N) is 1. The number of rotatable bonds is 5. The molecule has 1 rings (SSSR count). The first-order valence-electron chi connectivity index (χ1n) is 5.34. The summed E-state index contributed by atoms with van der Waals surface area (Å²) >= 11 is 3.26. The van der Waals surface area contributed by atoms with Crippen molar-refractivity contribution in [3.8, 4) is 0 Å². The average molecular weight is 301 g/mol. The Hall–Kier alpha value is -1.14. The molecule has 1 amide bonds. The standard InChI is InChI=1S/C11H17BrN4O/c1-16(2)5-3-4-14-11(17)9-6-8(12)7-15-10(9)13/h6-7H,3-5H2,1-2H3,(H2,13,15)(H,14,17). The lowest BCUT2D eigenvalue weighted by atomic mass is 10.2. The van der Waals surface area contributed by atoms with Gasteiger partial charge in [0.2, 0.25) is 0 Å². The first kappa shape index (κ1) is 13.9. The number of nitrogens with one attached hydrogen (secondary N) is 1. The van der Waals surface area contributed by atoms with Gasteiger partial charge in [-0.05, 0) is 49.1 Å². The third kappa shape index (κ3) is 4.70. The molecule has 0 saturated heterocycles. The van der Waals surface area contributed by atoms with Crippen LogP contribution in [-0.2, 0) is 0 Å². The zero-order valence-corrected chi connectivity index (χ0v) is 11.6. The fraction of sp³-hybridized carbons (Fsp3) is 0.455. The van der Waals surface area contributed by atoms with Gasteiger partial charge in [-0.25, -0.2) is 4.98 Å². The summed E-state index contributed by atoms with van der Waals surface area (Å²) < 4.78 is 0.741. The Kier molecular flexibility index (Phi) is 5.37. The van der Waals surface area contributed by atoms with E-state index in [9.17, 15) is 4.79 Å². The van der Waals surface area contributed by atoms with Crippen molar-refractivity contribution in [2.24, 2.45) is 0 Å². The number of amides is 1. The van der Waals surface area contributed by atoms with Crippen LogP contribution in [0.4, 0.5) is 5.82 Å². The molecule has 0 bridgehead atoms. The summed E-state index contributed by atoms with van der Waals surface area (Å²) in [4.78, 5) is 17.8. The van der Waals surface area contributed by atoms with Crippen LogP contribution in [0.15, 0.2) is 16.7 Å². The Morgan fingerprint density at radius 1 is 1.59 bits per heavy atom. The van der Waals surface area contributed by atoms with E-state index in [0.29, 0.717) is 12.1 Å². The van der Waals surface area contributed by atoms with Crippen LogP contribution < -0.4 is 11.1 Å². The van der Waals surface area contributed by atoms with Gasteiger partial charge in [0.15, 0.2) is 0 Å². The van der Waals surface area contributed by atoms with Gasteiger partial charge in [-0.15, -0.1) is 0 Å². The number of hydrogen-bond donors (Lipinski definition) is 2. The minimum Gasteiger partial charge on any atom is -0.383 e. The number of nitrogen functional groups attached to an aromatic ring is 1. The first-order chi connectivity index (χ1) is 8.00. The summed E-state index contributed by atoms with van der Waals surface area (Å²) in [5.41, 5.74) is 6.05. The van der Waals surface area contributed by atoms with Gasteiger partial charge in [0, 0.05) is 17.2 Å². The molecule has 0 fully saturated rings. The van der Waals surface area contributed by atoms with Crippen LogP contribution in [0.5, 0.6) is 0 Å². The Labute approximate surface area is 110 Å². The van der Waals surface area contributed by atoms with Crippen LogP contribution in [-0.4, -0.2) is 43.0 Å². The normalized spacial score (nSPS) is 10.6. The fourth-order valence-electron chi connectivity index (χ4n) is 1.32. The lowest BCUT2D eigenvalue weighted by Crippen LogP contribution is -2.28. The Balaban J connectivity index is 2.49. The minimum absolute atomic E-state index is 0.185. The minimum atomic E-state index is -0.185. The Morgan fingerprint density at radius 3 is 2.94 bits per heavy atom. The Bertz CT molecular complexity index is 395. The molecule has 0 unspecified atom stereocenters. The number of hydrogen-bond acceptors (Lipinski definition) is 4. The molecule has 0 aromatic carbocycles. The predicted molar refractivity (Wildman–Crippen MR) is 71.9 cm³/mol. The summed E-state index contributed by atoms with van der Waals surface area (Å²) in [6.45, 7) is 1.56. The monoisotopic (exact) mass is 300 g/mol. The van der Waals surface area contributed by atoms with E-state index in [-0.39, 0.29) is 11.7 Å². The van der Waals surface area contributed by atoms with Crippen molar-refractivity contribution in [2.75, 3.05) is 32.9 Å². The molecule has 94 valence electrons. The fourth-order valence-corrected chi connectivity index (χ4v) is 1.66. The second-order valence-corrected chi connectivity index (χ2v) is 4.91. The molecular formula is C11H17BrN4O. The number of aromatic nitrogens is 1. The second kappa shape index (κ2) is 6.56. The zero-order chi connectivity index (χ0) is 12.8. The van der Waals surface area contributed by atoms with Gasteiger partial charge in [0.05, 0.1) is 5.56 Å². The lowest BCUT2D eigenvalue weighted by Gasteiger charge is -2.10. The highest BCUT2D eigenvalue weighted by molar-refractivity contribution is 9.10. The van der Waals surface area contributed by atoms with E-state index in [4.69, 9.17) is 5.73 Å². The van der Waals surface area contributed by atoms with E-state index >= 15 is 0 Å². The van der Waals surface area contributed by atoms with E-state index in [0.717, 1.165) is 17.4 Å². The predicted octanol–water partition coefficient (Wildman–Crippen LogP) is 1.11. The number of anilines is 1. The summed E-state index contributed by atoms with van der Waals surface area (Å²) in [6, 6.07) is 1.67. The molecule has 6 heteroatoms. The largest absolute Gasteiger partial charge is 0.383 e. The van der Waals surface area contributed by atoms with Crippen LogP contribution in [0.25, 0.3) is 0 Å². The van der Waals surface area contributed by atoms with Crippen molar-refractivity contribution in [1.29, 1.82) is 0 Å². The molecule has 1 aromatic heterocycles. The van der Waals surface area contributed by atoms with Crippen molar-refractivity contribution in [3.05, 3.63) is 22.3 Å². The SMILES string of the molecule is CN(C)CCCNC(=O)c1cc(Br)cnc1N. The zero-order valence-electron chi connectivity index (χ0n) is 10.0. The first-order valence-corrected chi connectivity index (χ1v) is 6.14. The van der Waals surface area contributed by atoms with Crippen molar-refractivity contribution in [3.63, 3.8) is 0 Å². The Morgan fingerprint density at radius 2 is 2.29 bits per heavy atom. The van der Waals surface area contributed by atoms with Crippen LogP contribution in [0.2, 0.25) is 0 Å². The van der Waals surface area contributed by atoms with Crippen LogP contribution in [0.3, 0.4) is 0 Å². The molecule has 17 heavy (non-hydrogen) atoms. The molecule has 0 saturated carbocycles. The van der Waals surface area contributed by atoms with Gasteiger partial charge in [-0.1, -0.05) is 0 Å². The van der Waals surface area contributed by atoms with Crippen LogP contribution in [0.1, 0.15) is 16.8 Å². The molecule has 0 radical (unpaired) electrons. The topological polar surface area (TPSA) is 71.2 Å². The van der Waals surface area contributed by atoms with Gasteiger partial charge in [0.1, 0.15) is 5.82 Å². The van der Waals surface area contributed by atoms with E-state index < -0.39 is 0 Å². The van der Waals surface area contributed by atoms with Crippen molar-refractivity contribution in [2.45, 2.75) is 6.42 Å². The smallest absolute Gasteiger partial charge is 0.255 e. The highest BCUT2D eigenvalue weighted by Crippen LogP contribution is 2.15. The summed E-state index contributed by atoms with van der Waals surface area (Å²) in [5, 5.41) is 2.82. The van der Waals surface area contributed by atoms with Crippen LogP contribution >= 0.6 is 15.9 Å². The number of halogens is 1. The van der Waals surface area contributed by atoms with Crippen molar-refractivity contribution < 1.29 is 4.79 Å². The van der Waals surface area contributed by atoms with Crippen LogP contribution in [0, 0.1) is 0 Å². The molecule has 1 heterocycles. The van der Waals surface area contributed by atoms with Crippen molar-refractivity contribution in [1.82, 2.24) is 15.2 Å². The highest BCUT2D eigenvalue weighted by Gasteiger charge is 2.10. The lowest BCUT2D eigenvalue weighted by molar-refractivity contribution is 0.0953. The van der Waals surface area contributed by atoms with E-state index in [1.165, 1.54) is 0 Å². The quantitative estimate of drug-likeness (QED) is 0.799. The van der Waals surface area contributed by atoms with Gasteiger partial charge < -0.3 is 16.0 Å².